The van der Waals surface area contributed by atoms with E-state index in [1.165, 1.54) is 6.08 Å². The fourth-order valence-corrected chi connectivity index (χ4v) is 2.16. The molecule has 0 saturated carbocycles. The number of ether oxygens (including phenoxy) is 2. The van der Waals surface area contributed by atoms with Crippen LogP contribution in [0.25, 0.3) is 6.08 Å². The zero-order valence-electron chi connectivity index (χ0n) is 9.89. The van der Waals surface area contributed by atoms with Gasteiger partial charge in [0.15, 0.2) is 11.5 Å². The van der Waals surface area contributed by atoms with E-state index in [2.05, 4.69) is 15.9 Å². The van der Waals surface area contributed by atoms with Crippen LogP contribution in [0, 0.1) is 0 Å². The Labute approximate surface area is 118 Å². The van der Waals surface area contributed by atoms with Crippen molar-refractivity contribution in [3.05, 3.63) is 28.2 Å². The largest absolute Gasteiger partial charge is 0.489 e. The molecular formula is C13H11BrO5. The van der Waals surface area contributed by atoms with Crippen LogP contribution in [0.2, 0.25) is 0 Å². The molecule has 2 rings (SSSR count). The fraction of sp³-hybridized carbons (Fsp3) is 0.231. The number of fused-ring (bicyclic) bond motifs is 1. The van der Waals surface area contributed by atoms with Crippen LogP contribution in [-0.4, -0.2) is 30.1 Å². The van der Waals surface area contributed by atoms with E-state index >= 15 is 0 Å². The summed E-state index contributed by atoms with van der Waals surface area (Å²) in [5.74, 6) is -1.25. The molecule has 1 aromatic rings. The van der Waals surface area contributed by atoms with Gasteiger partial charge in [0.1, 0.15) is 0 Å². The number of ketones is 1. The van der Waals surface area contributed by atoms with Crippen LogP contribution in [-0.2, 0) is 9.59 Å². The molecule has 1 aliphatic rings. The average Bonchev–Trinajstić information content (AvgIpc) is 2.61. The normalized spacial score (nSPS) is 14.2. The third-order valence-electron chi connectivity index (χ3n) is 2.46. The lowest BCUT2D eigenvalue weighted by molar-refractivity contribution is -0.146. The molecule has 1 heterocycles. The van der Waals surface area contributed by atoms with E-state index in [9.17, 15) is 9.59 Å². The van der Waals surface area contributed by atoms with Gasteiger partial charge < -0.3 is 14.6 Å². The van der Waals surface area contributed by atoms with Crippen LogP contribution in [0.4, 0.5) is 0 Å². The number of hydrogen-bond donors (Lipinski definition) is 1. The van der Waals surface area contributed by atoms with E-state index in [0.29, 0.717) is 34.7 Å². The molecule has 6 heteroatoms. The van der Waals surface area contributed by atoms with Crippen molar-refractivity contribution in [3.8, 4) is 11.5 Å². The Bertz CT molecular complexity index is 550. The molecule has 0 fully saturated rings. The summed E-state index contributed by atoms with van der Waals surface area (Å²) in [6.45, 7) is 1.14. The topological polar surface area (TPSA) is 72.8 Å². The second-order valence-electron chi connectivity index (χ2n) is 3.88. The zero-order valence-corrected chi connectivity index (χ0v) is 11.5. The lowest BCUT2D eigenvalue weighted by Crippen LogP contribution is -2.08. The van der Waals surface area contributed by atoms with Crippen molar-refractivity contribution < 1.29 is 24.2 Å². The number of halogens is 1. The van der Waals surface area contributed by atoms with Crippen molar-refractivity contribution in [2.75, 3.05) is 13.2 Å². The Balaban J connectivity index is 2.28. The Morgan fingerprint density at radius 2 is 2.00 bits per heavy atom. The lowest BCUT2D eigenvalue weighted by atomic mass is 10.1. The highest BCUT2D eigenvalue weighted by Gasteiger charge is 2.15. The van der Waals surface area contributed by atoms with Crippen LogP contribution >= 0.6 is 15.9 Å². The smallest absolute Gasteiger partial charge is 0.376 e. The summed E-state index contributed by atoms with van der Waals surface area (Å²) in [6.07, 6.45) is 3.23. The summed E-state index contributed by atoms with van der Waals surface area (Å²) in [4.78, 5) is 21.4. The second-order valence-corrected chi connectivity index (χ2v) is 4.74. The van der Waals surface area contributed by atoms with Crippen LogP contribution in [0.15, 0.2) is 22.7 Å². The van der Waals surface area contributed by atoms with Crippen LogP contribution < -0.4 is 9.47 Å². The SMILES string of the molecule is O=C(O)C(=O)/C=C/c1cc(Br)c2c(c1)OCCCO2. The molecule has 0 saturated heterocycles. The minimum Gasteiger partial charge on any atom is -0.489 e. The van der Waals surface area contributed by atoms with Gasteiger partial charge in [-0.3, -0.25) is 4.79 Å². The van der Waals surface area contributed by atoms with Crippen molar-refractivity contribution in [2.45, 2.75) is 6.42 Å². The predicted octanol–water partition coefficient (Wildman–Crippen LogP) is 2.28. The van der Waals surface area contributed by atoms with Gasteiger partial charge in [-0.05, 0) is 39.7 Å². The molecule has 1 aliphatic heterocycles. The first-order valence-corrected chi connectivity index (χ1v) is 6.41. The van der Waals surface area contributed by atoms with Gasteiger partial charge in [0, 0.05) is 6.42 Å². The number of aliphatic carboxylic acids is 1. The monoisotopic (exact) mass is 326 g/mol. The summed E-state index contributed by atoms with van der Waals surface area (Å²) in [7, 11) is 0. The number of benzene rings is 1. The van der Waals surface area contributed by atoms with Crippen molar-refractivity contribution >= 4 is 33.8 Å². The third kappa shape index (κ3) is 3.35. The fourth-order valence-electron chi connectivity index (χ4n) is 1.59. The van der Waals surface area contributed by atoms with Gasteiger partial charge in [-0.15, -0.1) is 0 Å². The maximum atomic E-state index is 11.0. The van der Waals surface area contributed by atoms with Gasteiger partial charge >= 0.3 is 5.97 Å². The molecule has 0 atom stereocenters. The van der Waals surface area contributed by atoms with Crippen molar-refractivity contribution in [1.29, 1.82) is 0 Å². The van der Waals surface area contributed by atoms with E-state index in [0.717, 1.165) is 12.5 Å². The van der Waals surface area contributed by atoms with Gasteiger partial charge in [-0.1, -0.05) is 6.08 Å². The Hall–Kier alpha value is -1.82. The highest BCUT2D eigenvalue weighted by Crippen LogP contribution is 2.38. The van der Waals surface area contributed by atoms with Gasteiger partial charge in [0.25, 0.3) is 5.78 Å². The number of carbonyl (C=O) groups excluding carboxylic acids is 1. The summed E-state index contributed by atoms with van der Waals surface area (Å²) in [6, 6.07) is 3.44. The molecule has 0 spiro atoms. The highest BCUT2D eigenvalue weighted by molar-refractivity contribution is 9.10. The number of carboxylic acid groups (broad SMARTS) is 1. The number of rotatable bonds is 3. The average molecular weight is 327 g/mol. The van der Waals surface area contributed by atoms with Crippen molar-refractivity contribution in [2.24, 2.45) is 0 Å². The first kappa shape index (κ1) is 13.6. The molecule has 0 amide bonds. The van der Waals surface area contributed by atoms with Gasteiger partial charge in [-0.2, -0.15) is 0 Å². The molecule has 5 nitrogen and oxygen atoms in total. The number of carboxylic acids is 1. The van der Waals surface area contributed by atoms with Gasteiger partial charge in [-0.25, -0.2) is 4.79 Å². The minimum absolute atomic E-state index is 0.556. The zero-order chi connectivity index (χ0) is 13.8. The summed E-state index contributed by atoms with van der Waals surface area (Å²) in [5.41, 5.74) is 0.658. The predicted molar refractivity (Wildman–Crippen MR) is 71.4 cm³/mol. The number of carbonyl (C=O) groups is 2. The van der Waals surface area contributed by atoms with Crippen molar-refractivity contribution in [3.63, 3.8) is 0 Å². The quantitative estimate of drug-likeness (QED) is 0.681. The molecule has 0 bridgehead atoms. The van der Waals surface area contributed by atoms with E-state index in [-0.39, 0.29) is 0 Å². The summed E-state index contributed by atoms with van der Waals surface area (Å²) < 4.78 is 11.8. The first-order chi connectivity index (χ1) is 9.08. The van der Waals surface area contributed by atoms with E-state index in [4.69, 9.17) is 14.6 Å². The molecule has 1 N–H and O–H groups in total. The Kier molecular flexibility index (Phi) is 4.21. The number of hydrogen-bond acceptors (Lipinski definition) is 4. The Morgan fingerprint density at radius 3 is 2.74 bits per heavy atom. The van der Waals surface area contributed by atoms with Gasteiger partial charge in [0.2, 0.25) is 0 Å². The second kappa shape index (κ2) is 5.88. The van der Waals surface area contributed by atoms with Gasteiger partial charge in [0.05, 0.1) is 17.7 Å². The van der Waals surface area contributed by atoms with Crippen molar-refractivity contribution in [1.82, 2.24) is 0 Å². The van der Waals surface area contributed by atoms with Crippen LogP contribution in [0.3, 0.4) is 0 Å². The molecule has 19 heavy (non-hydrogen) atoms. The molecule has 0 aromatic heterocycles. The molecule has 0 radical (unpaired) electrons. The van der Waals surface area contributed by atoms with E-state index in [1.54, 1.807) is 12.1 Å². The van der Waals surface area contributed by atoms with E-state index in [1.807, 2.05) is 0 Å². The van der Waals surface area contributed by atoms with Crippen LogP contribution in [0.5, 0.6) is 11.5 Å². The molecule has 0 aliphatic carbocycles. The molecular weight excluding hydrogens is 316 g/mol. The molecule has 1 aromatic carbocycles. The highest BCUT2D eigenvalue weighted by atomic mass is 79.9. The van der Waals surface area contributed by atoms with E-state index < -0.39 is 11.8 Å². The molecule has 100 valence electrons. The van der Waals surface area contributed by atoms with Crippen LogP contribution in [0.1, 0.15) is 12.0 Å². The Morgan fingerprint density at radius 1 is 1.26 bits per heavy atom. The summed E-state index contributed by atoms with van der Waals surface area (Å²) >= 11 is 3.36. The minimum atomic E-state index is -1.48. The third-order valence-corrected chi connectivity index (χ3v) is 3.05. The standard InChI is InChI=1S/C13H11BrO5/c14-9-6-8(2-3-10(15)13(16)17)7-11-12(9)19-5-1-4-18-11/h2-3,6-7H,1,4-5H2,(H,16,17)/b3-2+. The first-order valence-electron chi connectivity index (χ1n) is 5.62. The summed E-state index contributed by atoms with van der Waals surface area (Å²) in [5, 5.41) is 8.49. The maximum absolute atomic E-state index is 11.0. The maximum Gasteiger partial charge on any atom is 0.376 e. The molecule has 0 unspecified atom stereocenters. The lowest BCUT2D eigenvalue weighted by Gasteiger charge is -2.10.